The van der Waals surface area contributed by atoms with Gasteiger partial charge in [0.2, 0.25) is 0 Å². The van der Waals surface area contributed by atoms with E-state index in [1.807, 2.05) is 0 Å². The molecule has 2 heterocycles. The molecule has 0 fully saturated rings. The van der Waals surface area contributed by atoms with Crippen LogP contribution in [-0.2, 0) is 0 Å². The monoisotopic (exact) mass is 158 g/mol. The Bertz CT molecular complexity index is 356. The first kappa shape index (κ1) is 8.45. The minimum Gasteiger partial charge on any atom is -0.382 e. The number of imidazole rings is 1. The van der Waals surface area contributed by atoms with Gasteiger partial charge >= 0.3 is 29.6 Å². The molecule has 0 unspecified atom stereocenters. The number of aromatic nitrogens is 4. The number of fused-ring (bicyclic) bond motifs is 1. The van der Waals surface area contributed by atoms with Crippen molar-refractivity contribution in [1.29, 1.82) is 0 Å². The molecule has 50 valence electrons. The SMILES string of the molecule is Nc1ncnc2nc[nH]c12.[Na+]. The first-order chi connectivity index (χ1) is 4.88. The van der Waals surface area contributed by atoms with Crippen molar-refractivity contribution in [2.75, 3.05) is 5.73 Å². The van der Waals surface area contributed by atoms with Crippen molar-refractivity contribution < 1.29 is 29.6 Å². The molecule has 2 aromatic rings. The summed E-state index contributed by atoms with van der Waals surface area (Å²) in [6.45, 7) is 0. The Labute approximate surface area is 84.7 Å². The largest absolute Gasteiger partial charge is 1.00 e. The van der Waals surface area contributed by atoms with Crippen LogP contribution in [-0.4, -0.2) is 19.9 Å². The summed E-state index contributed by atoms with van der Waals surface area (Å²) in [4.78, 5) is 14.4. The number of nitrogen functional groups attached to an aromatic ring is 1. The maximum Gasteiger partial charge on any atom is 1.00 e. The summed E-state index contributed by atoms with van der Waals surface area (Å²) in [7, 11) is 0. The average Bonchev–Trinajstić information content (AvgIpc) is 2.36. The van der Waals surface area contributed by atoms with Gasteiger partial charge in [0.25, 0.3) is 0 Å². The molecule has 0 radical (unpaired) electrons. The molecule has 0 aliphatic heterocycles. The van der Waals surface area contributed by atoms with E-state index in [1.165, 1.54) is 12.7 Å². The zero-order chi connectivity index (χ0) is 6.97. The third kappa shape index (κ3) is 1.35. The van der Waals surface area contributed by atoms with Crippen LogP contribution in [0.3, 0.4) is 0 Å². The number of anilines is 1. The van der Waals surface area contributed by atoms with Gasteiger partial charge in [-0.05, 0) is 0 Å². The van der Waals surface area contributed by atoms with Gasteiger partial charge in [-0.1, -0.05) is 0 Å². The van der Waals surface area contributed by atoms with E-state index in [2.05, 4.69) is 19.9 Å². The summed E-state index contributed by atoms with van der Waals surface area (Å²) < 4.78 is 0. The first-order valence-electron chi connectivity index (χ1n) is 2.77. The molecule has 0 atom stereocenters. The molecule has 0 spiro atoms. The van der Waals surface area contributed by atoms with E-state index in [0.29, 0.717) is 17.0 Å². The molecule has 3 N–H and O–H groups in total. The van der Waals surface area contributed by atoms with Gasteiger partial charge in [-0.15, -0.1) is 0 Å². The topological polar surface area (TPSA) is 80.5 Å². The third-order valence-corrected chi connectivity index (χ3v) is 1.25. The molecule has 11 heavy (non-hydrogen) atoms. The number of aromatic amines is 1. The van der Waals surface area contributed by atoms with E-state index in [4.69, 9.17) is 5.73 Å². The van der Waals surface area contributed by atoms with Crippen molar-refractivity contribution in [3.63, 3.8) is 0 Å². The number of H-pyrrole nitrogens is 1. The molecule has 0 saturated carbocycles. The Balaban J connectivity index is 0.000000605. The van der Waals surface area contributed by atoms with Gasteiger partial charge in [-0.3, -0.25) is 0 Å². The number of nitrogens with one attached hydrogen (secondary N) is 1. The van der Waals surface area contributed by atoms with Crippen molar-refractivity contribution >= 4 is 17.0 Å². The number of nitrogens with two attached hydrogens (primary N) is 1. The van der Waals surface area contributed by atoms with Crippen LogP contribution < -0.4 is 35.3 Å². The molecular weight excluding hydrogens is 153 g/mol. The summed E-state index contributed by atoms with van der Waals surface area (Å²) in [6.07, 6.45) is 2.92. The van der Waals surface area contributed by atoms with E-state index in [-0.39, 0.29) is 29.6 Å². The van der Waals surface area contributed by atoms with Gasteiger partial charge < -0.3 is 10.7 Å². The molecule has 5 nitrogen and oxygen atoms in total. The number of nitrogens with zero attached hydrogens (tertiary/aromatic N) is 3. The van der Waals surface area contributed by atoms with Crippen molar-refractivity contribution in [2.45, 2.75) is 0 Å². The quantitative estimate of drug-likeness (QED) is 0.399. The fourth-order valence-electron chi connectivity index (χ4n) is 0.784. The molecule has 0 bridgehead atoms. The van der Waals surface area contributed by atoms with Crippen LogP contribution in [0.2, 0.25) is 0 Å². The third-order valence-electron chi connectivity index (χ3n) is 1.25. The minimum absolute atomic E-state index is 0. The van der Waals surface area contributed by atoms with Gasteiger partial charge in [-0.25, -0.2) is 15.0 Å². The Morgan fingerprint density at radius 1 is 1.27 bits per heavy atom. The Kier molecular flexibility index (Phi) is 2.43. The molecule has 0 amide bonds. The zero-order valence-electron chi connectivity index (χ0n) is 6.07. The van der Waals surface area contributed by atoms with E-state index in [1.54, 1.807) is 0 Å². The van der Waals surface area contributed by atoms with Crippen LogP contribution >= 0.6 is 0 Å². The fraction of sp³-hybridized carbons (Fsp3) is 0. The van der Waals surface area contributed by atoms with Crippen LogP contribution in [0, 0.1) is 0 Å². The second-order valence-electron chi connectivity index (χ2n) is 1.86. The summed E-state index contributed by atoms with van der Waals surface area (Å²) in [5, 5.41) is 0. The summed E-state index contributed by atoms with van der Waals surface area (Å²) in [6, 6.07) is 0. The van der Waals surface area contributed by atoms with Crippen LogP contribution in [0.4, 0.5) is 5.82 Å². The molecule has 2 rings (SSSR count). The van der Waals surface area contributed by atoms with Crippen LogP contribution in [0.5, 0.6) is 0 Å². The van der Waals surface area contributed by atoms with Gasteiger partial charge in [0.1, 0.15) is 11.8 Å². The van der Waals surface area contributed by atoms with Crippen LogP contribution in [0.1, 0.15) is 0 Å². The van der Waals surface area contributed by atoms with E-state index in [0.717, 1.165) is 0 Å². The van der Waals surface area contributed by atoms with Crippen LogP contribution in [0.25, 0.3) is 11.2 Å². The van der Waals surface area contributed by atoms with Crippen molar-refractivity contribution in [2.24, 2.45) is 0 Å². The molecule has 0 aliphatic rings. The van der Waals surface area contributed by atoms with E-state index >= 15 is 0 Å². The smallest absolute Gasteiger partial charge is 0.382 e. The Morgan fingerprint density at radius 2 is 2.09 bits per heavy atom. The predicted molar refractivity (Wildman–Crippen MR) is 36.1 cm³/mol. The second-order valence-corrected chi connectivity index (χ2v) is 1.86. The predicted octanol–water partition coefficient (Wildman–Crippen LogP) is -3.06. The maximum atomic E-state index is 5.48. The first-order valence-corrected chi connectivity index (χ1v) is 2.77. The normalized spacial score (nSPS) is 9.45. The van der Waals surface area contributed by atoms with Crippen molar-refractivity contribution in [3.8, 4) is 0 Å². The summed E-state index contributed by atoms with van der Waals surface area (Å²) in [5.41, 5.74) is 6.78. The maximum absolute atomic E-state index is 5.48. The number of hydrogen-bond donors (Lipinski definition) is 2. The van der Waals surface area contributed by atoms with Crippen molar-refractivity contribution in [3.05, 3.63) is 12.7 Å². The van der Waals surface area contributed by atoms with Gasteiger partial charge in [0.15, 0.2) is 11.5 Å². The van der Waals surface area contributed by atoms with E-state index < -0.39 is 0 Å². The molecule has 2 aromatic heterocycles. The van der Waals surface area contributed by atoms with Crippen LogP contribution in [0.15, 0.2) is 12.7 Å². The summed E-state index contributed by atoms with van der Waals surface area (Å²) in [5.74, 6) is 0.433. The number of rotatable bonds is 0. The molecule has 0 aliphatic carbocycles. The standard InChI is InChI=1S/C5H5N5.Na/c6-4-3-5(9-1-7-3)10-2-8-4;/h1-2H,(H3,6,7,8,9,10);/q;+1. The zero-order valence-corrected chi connectivity index (χ0v) is 8.07. The molecule has 6 heteroatoms. The second kappa shape index (κ2) is 3.17. The van der Waals surface area contributed by atoms with Gasteiger partial charge in [0.05, 0.1) is 6.33 Å². The molecular formula is C5H5N5Na+. The molecule has 0 saturated heterocycles. The fourth-order valence-corrected chi connectivity index (χ4v) is 0.784. The minimum atomic E-state index is 0. The molecule has 0 aromatic carbocycles. The van der Waals surface area contributed by atoms with Crippen molar-refractivity contribution in [1.82, 2.24) is 19.9 Å². The van der Waals surface area contributed by atoms with E-state index in [9.17, 15) is 0 Å². The Hall–Kier alpha value is -0.650. The Morgan fingerprint density at radius 3 is 2.82 bits per heavy atom. The van der Waals surface area contributed by atoms with Gasteiger partial charge in [0, 0.05) is 0 Å². The average molecular weight is 158 g/mol. The number of hydrogen-bond acceptors (Lipinski definition) is 4. The summed E-state index contributed by atoms with van der Waals surface area (Å²) >= 11 is 0. The van der Waals surface area contributed by atoms with Gasteiger partial charge in [-0.2, -0.15) is 0 Å².